The fourth-order valence-electron chi connectivity index (χ4n) is 2.26. The summed E-state index contributed by atoms with van der Waals surface area (Å²) in [5.74, 6) is 0.154. The van der Waals surface area contributed by atoms with Crippen LogP contribution in [0.1, 0.15) is 5.37 Å². The van der Waals surface area contributed by atoms with E-state index in [0.29, 0.717) is 11.2 Å². The lowest BCUT2D eigenvalue weighted by atomic mass is 10.1. The fraction of sp³-hybridized carbons (Fsp3) is 0.500. The smallest absolute Gasteiger partial charge is 0.200 e. The largest absolute Gasteiger partial charge is 0.395 e. The number of nitrogens with two attached hydrogens (primary N) is 1. The molecule has 8 nitrogen and oxygen atoms in total. The lowest BCUT2D eigenvalue weighted by Gasteiger charge is -2.17. The predicted molar refractivity (Wildman–Crippen MR) is 76.6 cm³/mol. The van der Waals surface area contributed by atoms with Gasteiger partial charge in [-0.3, -0.25) is 0 Å². The molecule has 3 rings (SSSR count). The number of hydrogen-bond acceptors (Lipinski definition) is 8. The van der Waals surface area contributed by atoms with Gasteiger partial charge in [-0.15, -0.1) is 11.8 Å². The normalized spacial score (nSPS) is 30.1. The van der Waals surface area contributed by atoms with Crippen molar-refractivity contribution in [3.63, 3.8) is 0 Å². The van der Waals surface area contributed by atoms with Crippen LogP contribution in [0.2, 0.25) is 0 Å². The standard InChI is InChI=1S/C10H13N5O3S2/c11-10-13-7-4(8(19)14-10)12-2-15(7)9-6(18)5(17)3(1-16)20-9/h2-3,5-6,9,16-18H,1H2,(H3,11,13,14,19)/t3-,5-,6-,9-/m0/s1. The highest BCUT2D eigenvalue weighted by molar-refractivity contribution is 8.00. The number of fused-ring (bicyclic) bond motifs is 1. The number of hydrogen-bond donors (Lipinski definition) is 5. The Labute approximate surface area is 122 Å². The average molecular weight is 315 g/mol. The van der Waals surface area contributed by atoms with Gasteiger partial charge in [0, 0.05) is 0 Å². The van der Waals surface area contributed by atoms with E-state index in [0.717, 1.165) is 0 Å². The van der Waals surface area contributed by atoms with Crippen molar-refractivity contribution in [1.82, 2.24) is 19.5 Å². The molecule has 0 spiro atoms. The molecule has 3 heterocycles. The Kier molecular flexibility index (Phi) is 3.42. The van der Waals surface area contributed by atoms with Gasteiger partial charge in [-0.2, -0.15) is 0 Å². The summed E-state index contributed by atoms with van der Waals surface area (Å²) >= 11 is 6.35. The van der Waals surface area contributed by atoms with Crippen LogP contribution < -0.4 is 5.73 Å². The molecule has 0 aromatic carbocycles. The van der Waals surface area contributed by atoms with E-state index in [1.807, 2.05) is 0 Å². The van der Waals surface area contributed by atoms with Gasteiger partial charge in [-0.05, 0) is 0 Å². The minimum Gasteiger partial charge on any atom is -0.395 e. The van der Waals surface area contributed by atoms with Crippen LogP contribution in [0.5, 0.6) is 0 Å². The van der Waals surface area contributed by atoms with E-state index >= 15 is 0 Å². The van der Waals surface area contributed by atoms with Gasteiger partial charge in [0.1, 0.15) is 22.6 Å². The first-order valence-electron chi connectivity index (χ1n) is 5.87. The Balaban J connectivity index is 2.09. The lowest BCUT2D eigenvalue weighted by molar-refractivity contribution is 0.0113. The van der Waals surface area contributed by atoms with E-state index in [9.17, 15) is 15.3 Å². The summed E-state index contributed by atoms with van der Waals surface area (Å²) < 4.78 is 1.92. The number of aromatic nitrogens is 4. The first-order chi connectivity index (χ1) is 9.52. The zero-order valence-electron chi connectivity index (χ0n) is 10.2. The van der Waals surface area contributed by atoms with Crippen molar-refractivity contribution in [2.24, 2.45) is 0 Å². The Morgan fingerprint density at radius 2 is 2.20 bits per heavy atom. The van der Waals surface area contributed by atoms with E-state index in [-0.39, 0.29) is 17.2 Å². The molecule has 1 fully saturated rings. The molecule has 10 heteroatoms. The molecule has 0 radical (unpaired) electrons. The third-order valence-electron chi connectivity index (χ3n) is 3.26. The summed E-state index contributed by atoms with van der Waals surface area (Å²) in [6.07, 6.45) is -0.522. The Hall–Kier alpha value is -1.20. The van der Waals surface area contributed by atoms with Gasteiger partial charge in [0.05, 0.1) is 24.3 Å². The number of H-pyrrole nitrogens is 1. The van der Waals surface area contributed by atoms with E-state index in [2.05, 4.69) is 15.0 Å². The van der Waals surface area contributed by atoms with Crippen molar-refractivity contribution >= 4 is 41.1 Å². The first kappa shape index (κ1) is 13.8. The first-order valence-corrected chi connectivity index (χ1v) is 7.23. The Bertz CT molecular complexity index is 702. The Morgan fingerprint density at radius 3 is 2.85 bits per heavy atom. The zero-order chi connectivity index (χ0) is 14.4. The highest BCUT2D eigenvalue weighted by Gasteiger charge is 2.43. The SMILES string of the molecule is Nc1nc(=S)c2ncn([C@H]3S[C@@H](CO)[C@H](O)[C@@H]3O)c2[nH]1. The maximum atomic E-state index is 10.1. The molecular weight excluding hydrogens is 302 g/mol. The minimum absolute atomic E-state index is 0.154. The molecule has 0 saturated carbocycles. The summed E-state index contributed by atoms with van der Waals surface area (Å²) in [6, 6.07) is 0. The van der Waals surface area contributed by atoms with Crippen molar-refractivity contribution in [1.29, 1.82) is 0 Å². The summed E-state index contributed by atoms with van der Waals surface area (Å²) in [6.45, 7) is -0.217. The molecule has 4 atom stereocenters. The van der Waals surface area contributed by atoms with Gasteiger partial charge in [-0.25, -0.2) is 9.97 Å². The maximum Gasteiger partial charge on any atom is 0.200 e. The Morgan fingerprint density at radius 1 is 1.45 bits per heavy atom. The van der Waals surface area contributed by atoms with Crippen molar-refractivity contribution in [3.8, 4) is 0 Å². The number of aliphatic hydroxyl groups is 3. The number of thioether (sulfide) groups is 1. The van der Waals surface area contributed by atoms with Crippen LogP contribution in [-0.4, -0.2) is 58.9 Å². The second kappa shape index (κ2) is 4.97. The second-order valence-corrected chi connectivity index (χ2v) is 6.25. The van der Waals surface area contributed by atoms with E-state index < -0.39 is 22.8 Å². The summed E-state index contributed by atoms with van der Waals surface area (Å²) in [5, 5.41) is 28.3. The number of aliphatic hydroxyl groups excluding tert-OH is 3. The summed E-state index contributed by atoms with van der Waals surface area (Å²) in [4.78, 5) is 10.9. The molecular formula is C10H13N5O3S2. The summed E-state index contributed by atoms with van der Waals surface area (Å²) in [5.41, 5.74) is 6.64. The van der Waals surface area contributed by atoms with E-state index in [4.69, 9.17) is 18.0 Å². The molecule has 0 amide bonds. The van der Waals surface area contributed by atoms with Gasteiger partial charge in [0.15, 0.2) is 10.6 Å². The van der Waals surface area contributed by atoms with Gasteiger partial charge < -0.3 is 30.6 Å². The number of nitrogens with one attached hydrogen (secondary N) is 1. The van der Waals surface area contributed by atoms with Crippen molar-refractivity contribution in [2.45, 2.75) is 22.8 Å². The predicted octanol–water partition coefficient (Wildman–Crippen LogP) is -0.601. The van der Waals surface area contributed by atoms with E-state index in [1.165, 1.54) is 18.1 Å². The minimum atomic E-state index is -1.02. The highest BCUT2D eigenvalue weighted by atomic mass is 32.2. The van der Waals surface area contributed by atoms with Crippen LogP contribution in [0.4, 0.5) is 5.95 Å². The zero-order valence-corrected chi connectivity index (χ0v) is 11.8. The molecule has 0 unspecified atom stereocenters. The van der Waals surface area contributed by atoms with Crippen LogP contribution in [-0.2, 0) is 0 Å². The number of imidazole rings is 1. The molecule has 108 valence electrons. The van der Waals surface area contributed by atoms with Crippen molar-refractivity contribution in [2.75, 3.05) is 12.3 Å². The highest BCUT2D eigenvalue weighted by Crippen LogP contribution is 2.42. The van der Waals surface area contributed by atoms with Crippen LogP contribution >= 0.6 is 24.0 Å². The third kappa shape index (κ3) is 2.00. The van der Waals surface area contributed by atoms with Crippen LogP contribution in [0, 0.1) is 4.64 Å². The molecule has 1 aliphatic rings. The molecule has 1 aliphatic heterocycles. The second-order valence-electron chi connectivity index (χ2n) is 4.51. The fourth-order valence-corrected chi connectivity index (χ4v) is 3.88. The van der Waals surface area contributed by atoms with Crippen LogP contribution in [0.3, 0.4) is 0 Å². The molecule has 20 heavy (non-hydrogen) atoms. The molecule has 0 bridgehead atoms. The molecule has 0 aliphatic carbocycles. The topological polar surface area (TPSA) is 133 Å². The maximum absolute atomic E-state index is 10.1. The number of rotatable bonds is 2. The van der Waals surface area contributed by atoms with Gasteiger partial charge in [0.2, 0.25) is 0 Å². The van der Waals surface area contributed by atoms with Crippen molar-refractivity contribution in [3.05, 3.63) is 11.0 Å². The number of nitrogens with zero attached hydrogens (tertiary/aromatic N) is 3. The van der Waals surface area contributed by atoms with E-state index in [1.54, 1.807) is 4.57 Å². The average Bonchev–Trinajstić information content (AvgIpc) is 2.93. The van der Waals surface area contributed by atoms with Gasteiger partial charge >= 0.3 is 0 Å². The quantitative estimate of drug-likeness (QED) is 0.464. The number of aromatic amines is 1. The lowest BCUT2D eigenvalue weighted by Crippen LogP contribution is -2.32. The van der Waals surface area contributed by atoms with Gasteiger partial charge in [-0.1, -0.05) is 12.2 Å². The monoisotopic (exact) mass is 315 g/mol. The molecule has 2 aromatic rings. The molecule has 1 saturated heterocycles. The number of anilines is 1. The van der Waals surface area contributed by atoms with Crippen molar-refractivity contribution < 1.29 is 15.3 Å². The third-order valence-corrected chi connectivity index (χ3v) is 5.10. The number of nitrogen functional groups attached to an aromatic ring is 1. The van der Waals surface area contributed by atoms with Crippen LogP contribution in [0.15, 0.2) is 6.33 Å². The summed E-state index contributed by atoms with van der Waals surface area (Å²) in [7, 11) is 0. The molecule has 6 N–H and O–H groups in total. The van der Waals surface area contributed by atoms with Crippen LogP contribution in [0.25, 0.3) is 11.2 Å². The van der Waals surface area contributed by atoms with Gasteiger partial charge in [0.25, 0.3) is 0 Å². The molecule has 2 aromatic heterocycles.